The first-order chi connectivity index (χ1) is 9.63. The van der Waals surface area contributed by atoms with Crippen LogP contribution in [0.25, 0.3) is 0 Å². The molecule has 0 spiro atoms. The summed E-state index contributed by atoms with van der Waals surface area (Å²) in [4.78, 5) is 15.3. The van der Waals surface area contributed by atoms with Crippen molar-refractivity contribution in [1.82, 2.24) is 4.98 Å². The van der Waals surface area contributed by atoms with Crippen LogP contribution in [0.3, 0.4) is 0 Å². The third-order valence-electron chi connectivity index (χ3n) is 3.95. The van der Waals surface area contributed by atoms with E-state index in [0.717, 1.165) is 25.7 Å². The van der Waals surface area contributed by atoms with E-state index in [-0.39, 0.29) is 11.8 Å². The van der Waals surface area contributed by atoms with Crippen molar-refractivity contribution in [2.24, 2.45) is 5.41 Å². The second kappa shape index (κ2) is 6.38. The standard InChI is InChI=1S/C15H19N3O2/c16-10-12-5-4-6-13(18-12)17-11-15(9-14(19)20)7-2-1-3-8-15/h4-6H,1-3,7-9,11H2,(H,17,18)(H,19,20). The number of rotatable bonds is 5. The minimum atomic E-state index is -0.743. The van der Waals surface area contributed by atoms with Gasteiger partial charge in [-0.15, -0.1) is 0 Å². The lowest BCUT2D eigenvalue weighted by molar-refractivity contribution is -0.140. The first-order valence-electron chi connectivity index (χ1n) is 6.96. The molecule has 0 radical (unpaired) electrons. The van der Waals surface area contributed by atoms with Crippen molar-refractivity contribution in [3.8, 4) is 6.07 Å². The van der Waals surface area contributed by atoms with Crippen molar-refractivity contribution in [3.63, 3.8) is 0 Å². The van der Waals surface area contributed by atoms with Gasteiger partial charge in [0.1, 0.15) is 17.6 Å². The minimum Gasteiger partial charge on any atom is -0.481 e. The van der Waals surface area contributed by atoms with Gasteiger partial charge in [-0.1, -0.05) is 25.3 Å². The van der Waals surface area contributed by atoms with Crippen LogP contribution >= 0.6 is 0 Å². The number of pyridine rings is 1. The Hall–Kier alpha value is -2.09. The summed E-state index contributed by atoms with van der Waals surface area (Å²) < 4.78 is 0. The van der Waals surface area contributed by atoms with Crippen molar-refractivity contribution in [2.45, 2.75) is 38.5 Å². The Kier molecular flexibility index (Phi) is 4.57. The lowest BCUT2D eigenvalue weighted by atomic mass is 9.71. The van der Waals surface area contributed by atoms with Crippen LogP contribution in [-0.2, 0) is 4.79 Å². The SMILES string of the molecule is N#Cc1cccc(NCC2(CC(=O)O)CCCCC2)n1. The van der Waals surface area contributed by atoms with Crippen molar-refractivity contribution in [3.05, 3.63) is 23.9 Å². The van der Waals surface area contributed by atoms with Crippen molar-refractivity contribution in [2.75, 3.05) is 11.9 Å². The number of nitriles is 1. The van der Waals surface area contributed by atoms with Gasteiger partial charge in [0.2, 0.25) is 0 Å². The number of aromatic nitrogens is 1. The van der Waals surface area contributed by atoms with E-state index in [9.17, 15) is 4.79 Å². The van der Waals surface area contributed by atoms with Crippen LogP contribution in [0.2, 0.25) is 0 Å². The number of hydrogen-bond donors (Lipinski definition) is 2. The number of aliphatic carboxylic acids is 1. The van der Waals surface area contributed by atoms with Gasteiger partial charge in [-0.25, -0.2) is 4.98 Å². The summed E-state index contributed by atoms with van der Waals surface area (Å²) in [6.45, 7) is 0.598. The van der Waals surface area contributed by atoms with Crippen LogP contribution in [0.1, 0.15) is 44.2 Å². The Morgan fingerprint density at radius 2 is 2.15 bits per heavy atom. The van der Waals surface area contributed by atoms with Crippen molar-refractivity contribution >= 4 is 11.8 Å². The summed E-state index contributed by atoms with van der Waals surface area (Å²) in [6.07, 6.45) is 5.41. The molecule has 1 aromatic heterocycles. The van der Waals surface area contributed by atoms with Crippen LogP contribution in [-0.4, -0.2) is 22.6 Å². The summed E-state index contributed by atoms with van der Waals surface area (Å²) in [7, 11) is 0. The third kappa shape index (κ3) is 3.70. The number of carboxylic acid groups (broad SMARTS) is 1. The van der Waals surface area contributed by atoms with Gasteiger partial charge in [-0.2, -0.15) is 5.26 Å². The molecule has 0 saturated heterocycles. The smallest absolute Gasteiger partial charge is 0.303 e. The summed E-state index contributed by atoms with van der Waals surface area (Å²) in [5.41, 5.74) is 0.181. The van der Waals surface area contributed by atoms with Crippen LogP contribution in [0.15, 0.2) is 18.2 Å². The van der Waals surface area contributed by atoms with Gasteiger partial charge < -0.3 is 10.4 Å². The molecule has 1 aliphatic rings. The fraction of sp³-hybridized carbons (Fsp3) is 0.533. The largest absolute Gasteiger partial charge is 0.481 e. The van der Waals surface area contributed by atoms with E-state index >= 15 is 0 Å². The molecular weight excluding hydrogens is 254 g/mol. The number of nitrogens with one attached hydrogen (secondary N) is 1. The van der Waals surface area contributed by atoms with Crippen molar-refractivity contribution in [1.29, 1.82) is 5.26 Å². The van der Waals surface area contributed by atoms with Gasteiger partial charge in [0, 0.05) is 6.54 Å². The quantitative estimate of drug-likeness (QED) is 0.861. The molecule has 1 aromatic rings. The third-order valence-corrected chi connectivity index (χ3v) is 3.95. The van der Waals surface area contributed by atoms with Gasteiger partial charge in [-0.05, 0) is 30.4 Å². The Labute approximate surface area is 118 Å². The second-order valence-electron chi connectivity index (χ2n) is 5.50. The highest BCUT2D eigenvalue weighted by atomic mass is 16.4. The molecule has 1 fully saturated rings. The van der Waals surface area contributed by atoms with Crippen molar-refractivity contribution < 1.29 is 9.90 Å². The molecule has 0 unspecified atom stereocenters. The number of carbonyl (C=O) groups is 1. The van der Waals surface area contributed by atoms with Crippen LogP contribution in [0, 0.1) is 16.7 Å². The Bertz CT molecular complexity index is 516. The monoisotopic (exact) mass is 273 g/mol. The molecule has 1 saturated carbocycles. The van der Waals surface area contributed by atoms with Crippen LogP contribution in [0.4, 0.5) is 5.82 Å². The normalized spacial score (nSPS) is 17.1. The zero-order valence-corrected chi connectivity index (χ0v) is 11.4. The first kappa shape index (κ1) is 14.3. The summed E-state index contributed by atoms with van der Waals surface area (Å²) >= 11 is 0. The van der Waals surface area contributed by atoms with Gasteiger partial charge in [0.05, 0.1) is 6.42 Å². The van der Waals surface area contributed by atoms with Gasteiger partial charge in [-0.3, -0.25) is 4.79 Å². The highest BCUT2D eigenvalue weighted by Gasteiger charge is 2.34. The molecule has 5 nitrogen and oxygen atoms in total. The Morgan fingerprint density at radius 1 is 1.40 bits per heavy atom. The summed E-state index contributed by atoms with van der Waals surface area (Å²) in [5.74, 6) is -0.105. The van der Waals surface area contributed by atoms with Gasteiger partial charge in [0.15, 0.2) is 0 Å². The highest BCUT2D eigenvalue weighted by molar-refractivity contribution is 5.67. The Morgan fingerprint density at radius 3 is 2.80 bits per heavy atom. The van der Waals surface area contributed by atoms with E-state index in [1.54, 1.807) is 18.2 Å². The maximum Gasteiger partial charge on any atom is 0.303 e. The zero-order chi connectivity index (χ0) is 14.4. The average molecular weight is 273 g/mol. The van der Waals surface area contributed by atoms with E-state index in [2.05, 4.69) is 10.3 Å². The lowest BCUT2D eigenvalue weighted by Crippen LogP contribution is -2.34. The molecule has 0 amide bonds. The molecule has 20 heavy (non-hydrogen) atoms. The lowest BCUT2D eigenvalue weighted by Gasteiger charge is -2.36. The van der Waals surface area contributed by atoms with E-state index in [1.165, 1.54) is 6.42 Å². The van der Waals surface area contributed by atoms with E-state index < -0.39 is 5.97 Å². The topological polar surface area (TPSA) is 86.0 Å². The minimum absolute atomic E-state index is 0.186. The molecule has 106 valence electrons. The van der Waals surface area contributed by atoms with Crippen LogP contribution in [0.5, 0.6) is 0 Å². The molecule has 0 bridgehead atoms. The molecule has 0 aliphatic heterocycles. The maximum atomic E-state index is 11.1. The summed E-state index contributed by atoms with van der Waals surface area (Å²) in [6, 6.07) is 7.23. The molecule has 0 atom stereocenters. The predicted molar refractivity (Wildman–Crippen MR) is 75.2 cm³/mol. The van der Waals surface area contributed by atoms with Gasteiger partial charge in [0.25, 0.3) is 0 Å². The predicted octanol–water partition coefficient (Wildman–Crippen LogP) is 2.79. The molecule has 1 aliphatic carbocycles. The average Bonchev–Trinajstić information content (AvgIpc) is 2.46. The molecule has 5 heteroatoms. The van der Waals surface area contributed by atoms with E-state index in [0.29, 0.717) is 18.1 Å². The van der Waals surface area contributed by atoms with E-state index in [1.807, 2.05) is 6.07 Å². The molecule has 0 aromatic carbocycles. The molecule has 2 N–H and O–H groups in total. The zero-order valence-electron chi connectivity index (χ0n) is 11.4. The number of carboxylic acids is 1. The Balaban J connectivity index is 2.04. The van der Waals surface area contributed by atoms with Crippen LogP contribution < -0.4 is 5.32 Å². The van der Waals surface area contributed by atoms with E-state index in [4.69, 9.17) is 10.4 Å². The maximum absolute atomic E-state index is 11.1. The summed E-state index contributed by atoms with van der Waals surface area (Å²) in [5, 5.41) is 21.2. The second-order valence-corrected chi connectivity index (χ2v) is 5.50. The number of nitrogens with zero attached hydrogens (tertiary/aromatic N) is 2. The highest BCUT2D eigenvalue weighted by Crippen LogP contribution is 2.39. The molecule has 1 heterocycles. The number of anilines is 1. The molecular formula is C15H19N3O2. The molecule has 2 rings (SSSR count). The van der Waals surface area contributed by atoms with Gasteiger partial charge >= 0.3 is 5.97 Å². The fourth-order valence-electron chi connectivity index (χ4n) is 2.91. The number of hydrogen-bond acceptors (Lipinski definition) is 4. The fourth-order valence-corrected chi connectivity index (χ4v) is 2.91. The first-order valence-corrected chi connectivity index (χ1v) is 6.96.